The Morgan fingerprint density at radius 2 is 1.79 bits per heavy atom. The number of carbonyl (C=O) groups is 3. The van der Waals surface area contributed by atoms with Crippen molar-refractivity contribution in [2.45, 2.75) is 51.0 Å². The van der Waals surface area contributed by atoms with Crippen LogP contribution in [-0.2, 0) is 23.9 Å². The van der Waals surface area contributed by atoms with Crippen molar-refractivity contribution in [1.82, 2.24) is 4.90 Å². The third kappa shape index (κ3) is 2.94. The molecule has 4 heterocycles. The van der Waals surface area contributed by atoms with Crippen LogP contribution in [0.25, 0.3) is 0 Å². The van der Waals surface area contributed by atoms with Crippen LogP contribution in [0.15, 0.2) is 42.5 Å². The first-order valence-electron chi connectivity index (χ1n) is 11.7. The molecule has 34 heavy (non-hydrogen) atoms. The van der Waals surface area contributed by atoms with Gasteiger partial charge >= 0.3 is 5.97 Å². The average Bonchev–Trinajstić information content (AvgIpc) is 3.06. The fraction of sp³-hybridized carbons (Fsp3) is 0.500. The summed E-state index contributed by atoms with van der Waals surface area (Å²) in [5.74, 6) is -3.03. The number of para-hydroxylation sites is 1. The summed E-state index contributed by atoms with van der Waals surface area (Å²) >= 11 is 0. The lowest BCUT2D eigenvalue weighted by atomic mass is 9.75. The molecule has 4 aliphatic heterocycles. The van der Waals surface area contributed by atoms with Crippen LogP contribution in [0.4, 0.5) is 5.69 Å². The van der Waals surface area contributed by atoms with Gasteiger partial charge in [0.25, 0.3) is 5.91 Å². The second kappa shape index (κ2) is 7.78. The SMILES string of the molecule is Cc1cccc(C)c1N1CC=C[C@]23O[C@@]4(C)C=CCOC(=O)[C@H]4[C@H]2C(=O)N([C@H](C)CO)C3C1=O. The second-order valence-corrected chi connectivity index (χ2v) is 9.90. The van der Waals surface area contributed by atoms with E-state index in [1.165, 1.54) is 4.90 Å². The number of ether oxygens (including phenoxy) is 2. The summed E-state index contributed by atoms with van der Waals surface area (Å²) < 4.78 is 12.0. The second-order valence-electron chi connectivity index (χ2n) is 9.90. The monoisotopic (exact) mass is 466 g/mol. The molecule has 8 heteroatoms. The van der Waals surface area contributed by atoms with Crippen molar-refractivity contribution in [2.24, 2.45) is 11.8 Å². The molecule has 2 amide bonds. The lowest BCUT2D eigenvalue weighted by Gasteiger charge is -2.39. The van der Waals surface area contributed by atoms with Gasteiger partial charge in [-0.15, -0.1) is 0 Å². The number of benzene rings is 1. The van der Waals surface area contributed by atoms with Crippen LogP contribution in [-0.4, -0.2) is 70.8 Å². The van der Waals surface area contributed by atoms with Crippen molar-refractivity contribution in [3.05, 3.63) is 53.6 Å². The molecule has 6 atom stereocenters. The molecule has 180 valence electrons. The number of aliphatic hydroxyl groups is 1. The first-order valence-corrected chi connectivity index (χ1v) is 11.7. The molecule has 1 unspecified atom stereocenters. The molecule has 8 nitrogen and oxygen atoms in total. The molecule has 0 saturated carbocycles. The summed E-state index contributed by atoms with van der Waals surface area (Å²) in [6.07, 6.45) is 7.12. The maximum Gasteiger partial charge on any atom is 0.313 e. The number of nitrogens with zero attached hydrogens (tertiary/aromatic N) is 2. The van der Waals surface area contributed by atoms with Gasteiger partial charge < -0.3 is 24.4 Å². The molecule has 0 radical (unpaired) electrons. The van der Waals surface area contributed by atoms with E-state index >= 15 is 0 Å². The number of aryl methyl sites for hydroxylation is 2. The Bertz CT molecular complexity index is 1110. The molecular formula is C26H30N2O6. The van der Waals surface area contributed by atoms with E-state index in [9.17, 15) is 19.5 Å². The molecule has 1 N–H and O–H groups in total. The van der Waals surface area contributed by atoms with Gasteiger partial charge in [-0.1, -0.05) is 36.4 Å². The Kier molecular flexibility index (Phi) is 5.22. The number of carbonyl (C=O) groups excluding carboxylic acids is 3. The van der Waals surface area contributed by atoms with E-state index in [0.717, 1.165) is 16.8 Å². The minimum atomic E-state index is -1.36. The molecule has 1 spiro atoms. The zero-order chi connectivity index (χ0) is 24.4. The molecule has 2 fully saturated rings. The lowest BCUT2D eigenvalue weighted by Crippen LogP contribution is -2.58. The van der Waals surface area contributed by atoms with Crippen molar-refractivity contribution in [3.63, 3.8) is 0 Å². The number of esters is 1. The summed E-state index contributed by atoms with van der Waals surface area (Å²) in [6, 6.07) is 4.17. The smallest absolute Gasteiger partial charge is 0.313 e. The van der Waals surface area contributed by atoms with E-state index in [1.54, 1.807) is 37.0 Å². The predicted octanol–water partition coefficient (Wildman–Crippen LogP) is 1.67. The molecular weight excluding hydrogens is 436 g/mol. The molecule has 1 aromatic rings. The highest BCUT2D eigenvalue weighted by Crippen LogP contribution is 2.57. The number of rotatable bonds is 3. The number of aliphatic hydroxyl groups excluding tert-OH is 1. The lowest BCUT2D eigenvalue weighted by molar-refractivity contribution is -0.157. The van der Waals surface area contributed by atoms with Crippen LogP contribution in [0, 0.1) is 25.7 Å². The minimum absolute atomic E-state index is 0.109. The van der Waals surface area contributed by atoms with Gasteiger partial charge in [0.2, 0.25) is 5.91 Å². The Morgan fingerprint density at radius 1 is 1.09 bits per heavy atom. The first-order chi connectivity index (χ1) is 16.2. The van der Waals surface area contributed by atoms with E-state index < -0.39 is 41.1 Å². The number of hydrogen-bond acceptors (Lipinski definition) is 6. The molecule has 5 rings (SSSR count). The third-order valence-electron chi connectivity index (χ3n) is 7.70. The number of likely N-dealkylation sites (tertiary alicyclic amines) is 1. The van der Waals surface area contributed by atoms with E-state index in [1.807, 2.05) is 38.1 Å². The van der Waals surface area contributed by atoms with Gasteiger partial charge in [-0.05, 0) is 44.9 Å². The summed E-state index contributed by atoms with van der Waals surface area (Å²) in [6.45, 7) is 7.45. The number of anilines is 1. The summed E-state index contributed by atoms with van der Waals surface area (Å²) in [7, 11) is 0. The normalized spacial score (nSPS) is 35.4. The van der Waals surface area contributed by atoms with Crippen molar-refractivity contribution < 1.29 is 29.0 Å². The van der Waals surface area contributed by atoms with Crippen LogP contribution in [0.2, 0.25) is 0 Å². The van der Waals surface area contributed by atoms with Gasteiger partial charge in [-0.25, -0.2) is 0 Å². The van der Waals surface area contributed by atoms with Crippen LogP contribution in [0.5, 0.6) is 0 Å². The molecule has 0 aromatic heterocycles. The largest absolute Gasteiger partial charge is 0.461 e. The number of cyclic esters (lactones) is 1. The topological polar surface area (TPSA) is 96.4 Å². The Hall–Kier alpha value is -2.97. The highest BCUT2D eigenvalue weighted by molar-refractivity contribution is 6.06. The molecule has 0 aliphatic carbocycles. The maximum atomic E-state index is 14.3. The van der Waals surface area contributed by atoms with E-state index in [4.69, 9.17) is 9.47 Å². The first kappa shape index (κ1) is 22.8. The van der Waals surface area contributed by atoms with E-state index in [0.29, 0.717) is 6.54 Å². The standard InChI is InChI=1S/C26H30N2O6/c1-15-8-5-9-16(2)20(15)27-12-6-11-26-18(19-24(32)33-13-7-10-25(19,4)34-26)22(30)28(17(3)14-29)21(26)23(27)31/h5-11,17-19,21,29H,12-14H2,1-4H3/t17-,18+,19-,21?,25+,26+/m1/s1. The van der Waals surface area contributed by atoms with Gasteiger partial charge in [-0.3, -0.25) is 14.4 Å². The molecule has 0 bridgehead atoms. The van der Waals surface area contributed by atoms with Crippen molar-refractivity contribution in [1.29, 1.82) is 0 Å². The fourth-order valence-electron chi connectivity index (χ4n) is 6.29. The van der Waals surface area contributed by atoms with Crippen molar-refractivity contribution >= 4 is 23.5 Å². The average molecular weight is 467 g/mol. The van der Waals surface area contributed by atoms with Crippen LogP contribution in [0.1, 0.15) is 25.0 Å². The minimum Gasteiger partial charge on any atom is -0.461 e. The molecule has 1 aromatic carbocycles. The summed E-state index contributed by atoms with van der Waals surface area (Å²) in [5.41, 5.74) is 0.217. The highest BCUT2D eigenvalue weighted by Gasteiger charge is 2.75. The van der Waals surface area contributed by atoms with Crippen molar-refractivity contribution in [3.8, 4) is 0 Å². The van der Waals surface area contributed by atoms with Gasteiger partial charge in [-0.2, -0.15) is 0 Å². The van der Waals surface area contributed by atoms with Crippen molar-refractivity contribution in [2.75, 3.05) is 24.7 Å². The summed E-state index contributed by atoms with van der Waals surface area (Å²) in [5, 5.41) is 9.99. The van der Waals surface area contributed by atoms with Gasteiger partial charge in [0.15, 0.2) is 0 Å². The third-order valence-corrected chi connectivity index (χ3v) is 7.70. The number of hydrogen-bond donors (Lipinski definition) is 1. The Labute approximate surface area is 198 Å². The number of fused-ring (bicyclic) bond motifs is 2. The predicted molar refractivity (Wildman–Crippen MR) is 124 cm³/mol. The van der Waals surface area contributed by atoms with E-state index in [2.05, 4.69) is 0 Å². The zero-order valence-electron chi connectivity index (χ0n) is 19.9. The van der Waals surface area contributed by atoms with Crippen LogP contribution >= 0.6 is 0 Å². The highest BCUT2D eigenvalue weighted by atomic mass is 16.6. The van der Waals surface area contributed by atoms with Gasteiger partial charge in [0.05, 0.1) is 24.2 Å². The Morgan fingerprint density at radius 3 is 2.47 bits per heavy atom. The van der Waals surface area contributed by atoms with Crippen LogP contribution in [0.3, 0.4) is 0 Å². The van der Waals surface area contributed by atoms with Gasteiger partial charge in [0.1, 0.15) is 24.2 Å². The summed E-state index contributed by atoms with van der Waals surface area (Å²) in [4.78, 5) is 44.4. The fourth-order valence-corrected chi connectivity index (χ4v) is 6.29. The zero-order valence-corrected chi connectivity index (χ0v) is 19.9. The quantitative estimate of drug-likeness (QED) is 0.538. The molecule has 4 aliphatic rings. The Balaban J connectivity index is 1.70. The van der Waals surface area contributed by atoms with E-state index in [-0.39, 0.29) is 25.0 Å². The molecule has 2 saturated heterocycles. The maximum absolute atomic E-state index is 14.3. The van der Waals surface area contributed by atoms with Gasteiger partial charge in [0, 0.05) is 12.2 Å². The number of amides is 2. The van der Waals surface area contributed by atoms with Crippen LogP contribution < -0.4 is 4.90 Å².